The topological polar surface area (TPSA) is 44.8 Å². The van der Waals surface area contributed by atoms with Crippen LogP contribution in [0.1, 0.15) is 17.3 Å². The number of benzene rings is 1. The molecule has 0 fully saturated rings. The van der Waals surface area contributed by atoms with Crippen LogP contribution in [0.15, 0.2) is 18.2 Å². The zero-order valence-electron chi connectivity index (χ0n) is 9.02. The molecule has 0 heterocycles. The van der Waals surface area contributed by atoms with Crippen molar-refractivity contribution in [3.05, 3.63) is 23.8 Å². The number of methoxy groups -OCH3 is 2. The van der Waals surface area contributed by atoms with Crippen molar-refractivity contribution < 1.29 is 19.0 Å². The van der Waals surface area contributed by atoms with Crippen LogP contribution in [-0.2, 0) is 4.74 Å². The molecule has 1 aromatic carbocycles. The highest BCUT2D eigenvalue weighted by molar-refractivity contribution is 5.81. The average Bonchev–Trinajstić information content (AvgIpc) is 2.28. The maximum absolute atomic E-state index is 10.7. The summed E-state index contributed by atoms with van der Waals surface area (Å²) in [5.41, 5.74) is 0.457. The summed E-state index contributed by atoms with van der Waals surface area (Å²) in [4.78, 5) is 10.7. The van der Waals surface area contributed by atoms with Crippen molar-refractivity contribution in [1.29, 1.82) is 0 Å². The molecular formula is C11H14O4. The maximum atomic E-state index is 10.7. The van der Waals surface area contributed by atoms with Crippen molar-refractivity contribution >= 4 is 6.29 Å². The predicted molar refractivity (Wildman–Crippen MR) is 55.5 cm³/mol. The summed E-state index contributed by atoms with van der Waals surface area (Å²) < 4.78 is 15.5. The molecule has 0 aliphatic rings. The second-order valence-corrected chi connectivity index (χ2v) is 2.92. The van der Waals surface area contributed by atoms with Crippen LogP contribution in [0, 0.1) is 0 Å². The van der Waals surface area contributed by atoms with Gasteiger partial charge in [0.15, 0.2) is 24.1 Å². The number of hydrogen-bond donors (Lipinski definition) is 0. The first-order valence-corrected chi connectivity index (χ1v) is 4.54. The van der Waals surface area contributed by atoms with E-state index in [0.717, 1.165) is 6.29 Å². The monoisotopic (exact) mass is 210 g/mol. The molecule has 0 radical (unpaired) electrons. The minimum atomic E-state index is -0.388. The summed E-state index contributed by atoms with van der Waals surface area (Å²) in [6.07, 6.45) is 0.337. The Hall–Kier alpha value is -1.55. The molecule has 0 saturated heterocycles. The summed E-state index contributed by atoms with van der Waals surface area (Å²) in [7, 11) is 3.04. The van der Waals surface area contributed by atoms with E-state index in [2.05, 4.69) is 0 Å². The molecule has 1 rings (SSSR count). The van der Waals surface area contributed by atoms with Gasteiger partial charge >= 0.3 is 0 Å². The Labute approximate surface area is 88.8 Å². The Morgan fingerprint density at radius 2 is 2.07 bits per heavy atom. The second-order valence-electron chi connectivity index (χ2n) is 2.92. The van der Waals surface area contributed by atoms with Gasteiger partial charge in [-0.25, -0.2) is 0 Å². The minimum Gasteiger partial charge on any atom is -0.492 e. The van der Waals surface area contributed by atoms with Gasteiger partial charge in [0.2, 0.25) is 0 Å². The van der Waals surface area contributed by atoms with Crippen molar-refractivity contribution in [2.75, 3.05) is 14.2 Å². The third-order valence-corrected chi connectivity index (χ3v) is 1.97. The Kier molecular flexibility index (Phi) is 4.12. The molecule has 0 bridgehead atoms. The molecule has 0 aromatic heterocycles. The summed E-state index contributed by atoms with van der Waals surface area (Å²) in [5.74, 6) is 0.924. The van der Waals surface area contributed by atoms with Crippen molar-refractivity contribution in [1.82, 2.24) is 0 Å². The van der Waals surface area contributed by atoms with Crippen LogP contribution in [0.2, 0.25) is 0 Å². The number of ether oxygens (including phenoxy) is 3. The van der Waals surface area contributed by atoms with Crippen molar-refractivity contribution in [2.45, 2.75) is 13.2 Å². The lowest BCUT2D eigenvalue weighted by molar-refractivity contribution is -0.0395. The van der Waals surface area contributed by atoms with E-state index in [9.17, 15) is 4.79 Å². The van der Waals surface area contributed by atoms with E-state index in [1.165, 1.54) is 7.11 Å². The Balaban J connectivity index is 3.00. The normalized spacial score (nSPS) is 11.9. The van der Waals surface area contributed by atoms with Gasteiger partial charge < -0.3 is 14.2 Å². The number of para-hydroxylation sites is 1. The summed E-state index contributed by atoms with van der Waals surface area (Å²) in [6.45, 7) is 1.76. The van der Waals surface area contributed by atoms with Crippen molar-refractivity contribution in [3.63, 3.8) is 0 Å². The van der Waals surface area contributed by atoms with Gasteiger partial charge in [-0.1, -0.05) is 6.07 Å². The van der Waals surface area contributed by atoms with Crippen LogP contribution in [0.25, 0.3) is 0 Å². The van der Waals surface area contributed by atoms with Crippen molar-refractivity contribution in [2.24, 2.45) is 0 Å². The Morgan fingerprint density at radius 3 is 2.60 bits per heavy atom. The SMILES string of the molecule is COc1c(C=O)cccc1OC(C)OC. The van der Waals surface area contributed by atoms with Crippen LogP contribution in [-0.4, -0.2) is 26.8 Å². The van der Waals surface area contributed by atoms with Crippen LogP contribution >= 0.6 is 0 Å². The molecule has 0 saturated carbocycles. The van der Waals surface area contributed by atoms with Gasteiger partial charge in [-0.2, -0.15) is 0 Å². The highest BCUT2D eigenvalue weighted by Crippen LogP contribution is 2.30. The van der Waals surface area contributed by atoms with E-state index in [-0.39, 0.29) is 6.29 Å². The molecule has 0 spiro atoms. The molecule has 82 valence electrons. The fourth-order valence-electron chi connectivity index (χ4n) is 1.16. The van der Waals surface area contributed by atoms with E-state index in [1.54, 1.807) is 32.2 Å². The molecule has 0 aliphatic carbocycles. The standard InChI is InChI=1S/C11H14O4/c1-8(13-2)15-10-6-4-5-9(7-12)11(10)14-3/h4-8H,1-3H3. The first kappa shape index (κ1) is 11.5. The minimum absolute atomic E-state index is 0.388. The number of aldehydes is 1. The molecule has 1 unspecified atom stereocenters. The van der Waals surface area contributed by atoms with Crippen LogP contribution in [0.5, 0.6) is 11.5 Å². The third-order valence-electron chi connectivity index (χ3n) is 1.97. The first-order chi connectivity index (χ1) is 7.22. The average molecular weight is 210 g/mol. The van der Waals surface area contributed by atoms with Gasteiger partial charge in [-0.15, -0.1) is 0 Å². The molecule has 4 heteroatoms. The smallest absolute Gasteiger partial charge is 0.196 e. The zero-order valence-corrected chi connectivity index (χ0v) is 9.02. The summed E-state index contributed by atoms with van der Waals surface area (Å²) in [6, 6.07) is 5.11. The van der Waals surface area contributed by atoms with Gasteiger partial charge in [-0.3, -0.25) is 4.79 Å². The molecular weight excluding hydrogens is 196 g/mol. The van der Waals surface area contributed by atoms with Gasteiger partial charge in [0.05, 0.1) is 12.7 Å². The first-order valence-electron chi connectivity index (χ1n) is 4.54. The zero-order chi connectivity index (χ0) is 11.3. The second kappa shape index (κ2) is 5.36. The molecule has 1 aromatic rings. The predicted octanol–water partition coefficient (Wildman–Crippen LogP) is 1.88. The van der Waals surface area contributed by atoms with Gasteiger partial charge in [0.25, 0.3) is 0 Å². The van der Waals surface area contributed by atoms with E-state index in [1.807, 2.05) is 0 Å². The molecule has 0 N–H and O–H groups in total. The molecule has 4 nitrogen and oxygen atoms in total. The van der Waals surface area contributed by atoms with E-state index < -0.39 is 0 Å². The quantitative estimate of drug-likeness (QED) is 0.549. The van der Waals surface area contributed by atoms with E-state index >= 15 is 0 Å². The lowest BCUT2D eigenvalue weighted by atomic mass is 10.2. The lowest BCUT2D eigenvalue weighted by Gasteiger charge is -2.15. The molecule has 1 atom stereocenters. The summed E-state index contributed by atoms with van der Waals surface area (Å²) >= 11 is 0. The fraction of sp³-hybridized carbons (Fsp3) is 0.364. The highest BCUT2D eigenvalue weighted by Gasteiger charge is 2.11. The largest absolute Gasteiger partial charge is 0.492 e. The van der Waals surface area contributed by atoms with Gasteiger partial charge in [0, 0.05) is 7.11 Å². The van der Waals surface area contributed by atoms with Crippen LogP contribution in [0.4, 0.5) is 0 Å². The van der Waals surface area contributed by atoms with E-state index in [4.69, 9.17) is 14.2 Å². The number of carbonyl (C=O) groups excluding carboxylic acids is 1. The maximum Gasteiger partial charge on any atom is 0.196 e. The number of rotatable bonds is 5. The summed E-state index contributed by atoms with van der Waals surface area (Å²) in [5, 5.41) is 0. The lowest BCUT2D eigenvalue weighted by Crippen LogP contribution is -2.14. The van der Waals surface area contributed by atoms with Crippen molar-refractivity contribution in [3.8, 4) is 11.5 Å². The van der Waals surface area contributed by atoms with Crippen LogP contribution in [0.3, 0.4) is 0 Å². The molecule has 15 heavy (non-hydrogen) atoms. The Bertz CT molecular complexity index is 335. The number of carbonyl (C=O) groups is 1. The Morgan fingerprint density at radius 1 is 1.33 bits per heavy atom. The third kappa shape index (κ3) is 2.70. The molecule has 0 amide bonds. The fourth-order valence-corrected chi connectivity index (χ4v) is 1.16. The van der Waals surface area contributed by atoms with Gasteiger partial charge in [0.1, 0.15) is 0 Å². The highest BCUT2D eigenvalue weighted by atomic mass is 16.7. The molecule has 0 aliphatic heterocycles. The number of hydrogen-bond acceptors (Lipinski definition) is 4. The van der Waals surface area contributed by atoms with Gasteiger partial charge in [-0.05, 0) is 19.1 Å². The van der Waals surface area contributed by atoms with Crippen LogP contribution < -0.4 is 9.47 Å². The van der Waals surface area contributed by atoms with E-state index in [0.29, 0.717) is 17.1 Å².